The van der Waals surface area contributed by atoms with Gasteiger partial charge in [0.1, 0.15) is 0 Å². The van der Waals surface area contributed by atoms with Gasteiger partial charge in [-0.05, 0) is 103 Å². The average Bonchev–Trinajstić information content (AvgIpc) is 2.64. The molecule has 0 aliphatic rings. The second-order valence-electron chi connectivity index (χ2n) is 11.7. The van der Waals surface area contributed by atoms with Crippen LogP contribution in [0.15, 0.2) is 24.4 Å². The van der Waals surface area contributed by atoms with E-state index in [4.69, 9.17) is 0 Å². The molecule has 4 nitrogen and oxygen atoms in total. The zero-order chi connectivity index (χ0) is 24.1. The van der Waals surface area contributed by atoms with E-state index in [-0.39, 0.29) is 5.41 Å². The maximum Gasteiger partial charge on any atom is 0.0439 e. The van der Waals surface area contributed by atoms with Crippen molar-refractivity contribution < 1.29 is 0 Å². The maximum absolute atomic E-state index is 4.53. The summed E-state index contributed by atoms with van der Waals surface area (Å²) in [5, 5.41) is 0. The van der Waals surface area contributed by atoms with Crippen molar-refractivity contribution in [2.45, 2.75) is 73.6 Å². The van der Waals surface area contributed by atoms with Crippen LogP contribution in [0.2, 0.25) is 0 Å². The van der Waals surface area contributed by atoms with Crippen molar-refractivity contribution in [3.63, 3.8) is 0 Å². The molecule has 0 fully saturated rings. The van der Waals surface area contributed by atoms with E-state index < -0.39 is 0 Å². The molecular weight excluding hydrogens is 380 g/mol. The lowest BCUT2D eigenvalue weighted by Gasteiger charge is -2.35. The van der Waals surface area contributed by atoms with Crippen molar-refractivity contribution in [1.82, 2.24) is 19.7 Å². The molecule has 31 heavy (non-hydrogen) atoms. The molecule has 1 atom stereocenters. The number of nitrogens with zero attached hydrogens (tertiary/aromatic N) is 4. The number of hydrogen-bond donors (Lipinski definition) is 0. The van der Waals surface area contributed by atoms with E-state index in [1.165, 1.54) is 57.7 Å². The predicted octanol–water partition coefficient (Wildman–Crippen LogP) is 5.86. The largest absolute Gasteiger partial charge is 0.309 e. The van der Waals surface area contributed by atoms with Crippen molar-refractivity contribution in [3.05, 3.63) is 30.1 Å². The first kappa shape index (κ1) is 30.0. The van der Waals surface area contributed by atoms with E-state index in [9.17, 15) is 0 Å². The standard InChI is InChI=1S/C15H25N.C12H29N3/c1-14(2,3)11-12(15(4,5)6)13-9-7-8-10-16-13;1-6-15(11-7-9-13(2)3)12-8-10-14(4)5/h7-10,12H,11H2,1-6H3;6-12H2,1-5H3. The van der Waals surface area contributed by atoms with Crippen LogP contribution in [0.5, 0.6) is 0 Å². The summed E-state index contributed by atoms with van der Waals surface area (Å²) in [6.07, 6.45) is 5.63. The van der Waals surface area contributed by atoms with E-state index in [0.29, 0.717) is 11.3 Å². The molecule has 0 aliphatic carbocycles. The summed E-state index contributed by atoms with van der Waals surface area (Å²) in [6, 6.07) is 6.23. The molecule has 0 N–H and O–H groups in total. The summed E-state index contributed by atoms with van der Waals surface area (Å²) in [6.45, 7) is 22.1. The average molecular weight is 435 g/mol. The third kappa shape index (κ3) is 16.3. The van der Waals surface area contributed by atoms with Gasteiger partial charge < -0.3 is 14.7 Å². The highest BCUT2D eigenvalue weighted by molar-refractivity contribution is 5.12. The highest BCUT2D eigenvalue weighted by atomic mass is 15.1. The number of hydrogen-bond acceptors (Lipinski definition) is 4. The number of rotatable bonds is 11. The number of aromatic nitrogens is 1. The summed E-state index contributed by atoms with van der Waals surface area (Å²) < 4.78 is 0. The van der Waals surface area contributed by atoms with Crippen LogP contribution >= 0.6 is 0 Å². The molecule has 1 aromatic heterocycles. The molecule has 0 saturated heterocycles. The zero-order valence-electron chi connectivity index (χ0n) is 22.8. The molecule has 4 heteroatoms. The molecule has 1 heterocycles. The van der Waals surface area contributed by atoms with Crippen LogP contribution in [0.3, 0.4) is 0 Å². The Kier molecular flexibility index (Phi) is 14.5. The fraction of sp³-hybridized carbons (Fsp3) is 0.815. The Labute approximate surface area is 195 Å². The topological polar surface area (TPSA) is 22.6 Å². The van der Waals surface area contributed by atoms with Gasteiger partial charge in [-0.1, -0.05) is 54.5 Å². The minimum Gasteiger partial charge on any atom is -0.309 e. The molecule has 0 amide bonds. The molecule has 0 aliphatic heterocycles. The fourth-order valence-electron chi connectivity index (χ4n) is 3.70. The molecule has 0 radical (unpaired) electrons. The Morgan fingerprint density at radius 2 is 1.32 bits per heavy atom. The van der Waals surface area contributed by atoms with Crippen LogP contribution in [-0.2, 0) is 0 Å². The predicted molar refractivity (Wildman–Crippen MR) is 139 cm³/mol. The highest BCUT2D eigenvalue weighted by Gasteiger charge is 2.31. The van der Waals surface area contributed by atoms with Gasteiger partial charge in [0.2, 0.25) is 0 Å². The first-order valence-electron chi connectivity index (χ1n) is 12.2. The van der Waals surface area contributed by atoms with E-state index in [1.54, 1.807) is 0 Å². The Bertz CT molecular complexity index is 527. The SMILES string of the molecule is CC(C)(C)CC(c1ccccn1)C(C)(C)C.CCN(CCCN(C)C)CCCN(C)C. The monoisotopic (exact) mass is 434 g/mol. The molecule has 1 rings (SSSR count). The molecule has 0 aromatic carbocycles. The van der Waals surface area contributed by atoms with Crippen molar-refractivity contribution >= 4 is 0 Å². The van der Waals surface area contributed by atoms with Crippen LogP contribution < -0.4 is 0 Å². The molecule has 0 saturated carbocycles. The van der Waals surface area contributed by atoms with E-state index in [0.717, 1.165) is 0 Å². The highest BCUT2D eigenvalue weighted by Crippen LogP contribution is 2.42. The second kappa shape index (κ2) is 15.0. The van der Waals surface area contributed by atoms with E-state index in [1.807, 2.05) is 12.3 Å². The van der Waals surface area contributed by atoms with Gasteiger partial charge in [0, 0.05) is 17.8 Å². The molecular formula is C27H54N4. The van der Waals surface area contributed by atoms with Crippen LogP contribution in [0.4, 0.5) is 0 Å². The molecule has 1 unspecified atom stereocenters. The minimum atomic E-state index is 0.266. The Hall–Kier alpha value is -0.970. The minimum absolute atomic E-state index is 0.266. The van der Waals surface area contributed by atoms with Crippen molar-refractivity contribution in [3.8, 4) is 0 Å². The summed E-state index contributed by atoms with van der Waals surface area (Å²) in [4.78, 5) is 11.6. The lowest BCUT2D eigenvalue weighted by molar-refractivity contribution is 0.225. The summed E-state index contributed by atoms with van der Waals surface area (Å²) in [7, 11) is 8.56. The van der Waals surface area contributed by atoms with Crippen LogP contribution in [0.1, 0.15) is 79.3 Å². The van der Waals surface area contributed by atoms with E-state index >= 15 is 0 Å². The molecule has 1 aromatic rings. The van der Waals surface area contributed by atoms with Gasteiger partial charge in [0.05, 0.1) is 0 Å². The van der Waals surface area contributed by atoms with Crippen LogP contribution in [-0.4, -0.2) is 80.6 Å². The van der Waals surface area contributed by atoms with Crippen molar-refractivity contribution in [2.75, 3.05) is 60.9 Å². The molecule has 182 valence electrons. The molecule has 0 bridgehead atoms. The first-order chi connectivity index (χ1) is 14.3. The normalized spacial score (nSPS) is 13.5. The lowest BCUT2D eigenvalue weighted by Crippen LogP contribution is -2.30. The Morgan fingerprint density at radius 1 is 0.806 bits per heavy atom. The van der Waals surface area contributed by atoms with Crippen LogP contribution in [0, 0.1) is 10.8 Å². The van der Waals surface area contributed by atoms with Gasteiger partial charge in [0.25, 0.3) is 0 Å². The van der Waals surface area contributed by atoms with Gasteiger partial charge in [0.15, 0.2) is 0 Å². The van der Waals surface area contributed by atoms with Gasteiger partial charge in [-0.15, -0.1) is 0 Å². The molecule has 0 spiro atoms. The third-order valence-electron chi connectivity index (χ3n) is 5.51. The second-order valence-corrected chi connectivity index (χ2v) is 11.7. The van der Waals surface area contributed by atoms with Crippen LogP contribution in [0.25, 0.3) is 0 Å². The van der Waals surface area contributed by atoms with Gasteiger partial charge >= 0.3 is 0 Å². The van der Waals surface area contributed by atoms with Crippen molar-refractivity contribution in [1.29, 1.82) is 0 Å². The van der Waals surface area contributed by atoms with Gasteiger partial charge in [-0.2, -0.15) is 0 Å². The quantitative estimate of drug-likeness (QED) is 0.435. The lowest BCUT2D eigenvalue weighted by atomic mass is 9.70. The summed E-state index contributed by atoms with van der Waals surface area (Å²) >= 11 is 0. The smallest absolute Gasteiger partial charge is 0.0439 e. The van der Waals surface area contributed by atoms with Gasteiger partial charge in [-0.3, -0.25) is 4.98 Å². The third-order valence-corrected chi connectivity index (χ3v) is 5.51. The maximum atomic E-state index is 4.53. The number of pyridine rings is 1. The first-order valence-corrected chi connectivity index (χ1v) is 12.2. The summed E-state index contributed by atoms with van der Waals surface area (Å²) in [5.41, 5.74) is 1.84. The van der Waals surface area contributed by atoms with E-state index in [2.05, 4.69) is 108 Å². The fourth-order valence-corrected chi connectivity index (χ4v) is 3.70. The van der Waals surface area contributed by atoms with Gasteiger partial charge in [-0.25, -0.2) is 0 Å². The summed E-state index contributed by atoms with van der Waals surface area (Å²) in [5.74, 6) is 0.522. The zero-order valence-corrected chi connectivity index (χ0v) is 22.8. The Morgan fingerprint density at radius 3 is 1.65 bits per heavy atom. The Balaban J connectivity index is 0.000000582. The van der Waals surface area contributed by atoms with Crippen molar-refractivity contribution in [2.24, 2.45) is 10.8 Å².